The molecule has 0 radical (unpaired) electrons. The van der Waals surface area contributed by atoms with Crippen LogP contribution in [0, 0.1) is 0 Å². The highest BCUT2D eigenvalue weighted by Crippen LogP contribution is 1.96. The SMILES string of the molecule is CCCN1CCOCC1.Cl.OBO. The highest BCUT2D eigenvalue weighted by Gasteiger charge is 2.07. The Balaban J connectivity index is 0. The van der Waals surface area contributed by atoms with Gasteiger partial charge in [0.1, 0.15) is 0 Å². The molecule has 1 saturated heterocycles. The molecular weight excluding hydrogens is 192 g/mol. The Kier molecular flexibility index (Phi) is 14.7. The van der Waals surface area contributed by atoms with Gasteiger partial charge in [0.05, 0.1) is 13.2 Å². The molecule has 1 fully saturated rings. The summed E-state index contributed by atoms with van der Waals surface area (Å²) >= 11 is 0. The molecule has 6 heteroatoms. The molecule has 0 aromatic carbocycles. The Bertz CT molecular complexity index is 91.1. The molecule has 0 atom stereocenters. The first-order valence-electron chi connectivity index (χ1n) is 4.37. The molecule has 0 saturated carbocycles. The van der Waals surface area contributed by atoms with E-state index in [1.807, 2.05) is 0 Å². The third kappa shape index (κ3) is 10.1. The molecule has 0 aliphatic carbocycles. The van der Waals surface area contributed by atoms with Gasteiger partial charge < -0.3 is 14.8 Å². The van der Waals surface area contributed by atoms with Gasteiger partial charge in [-0.25, -0.2) is 0 Å². The summed E-state index contributed by atoms with van der Waals surface area (Å²) in [5.74, 6) is 0. The van der Waals surface area contributed by atoms with Gasteiger partial charge in [-0.1, -0.05) is 6.92 Å². The van der Waals surface area contributed by atoms with Gasteiger partial charge in [-0.2, -0.15) is 0 Å². The van der Waals surface area contributed by atoms with Crippen molar-refractivity contribution >= 4 is 20.1 Å². The fraction of sp³-hybridized carbons (Fsp3) is 1.00. The van der Waals surface area contributed by atoms with E-state index in [4.69, 9.17) is 14.8 Å². The Morgan fingerprint density at radius 3 is 2.15 bits per heavy atom. The lowest BCUT2D eigenvalue weighted by Crippen LogP contribution is -2.36. The van der Waals surface area contributed by atoms with Crippen molar-refractivity contribution in [2.24, 2.45) is 0 Å². The smallest absolute Gasteiger partial charge is 0.430 e. The van der Waals surface area contributed by atoms with Gasteiger partial charge in [0.15, 0.2) is 0 Å². The molecule has 1 rings (SSSR count). The van der Waals surface area contributed by atoms with Crippen LogP contribution in [0.15, 0.2) is 0 Å². The van der Waals surface area contributed by atoms with E-state index in [1.165, 1.54) is 13.0 Å². The standard InChI is InChI=1S/C7H15NO.BH3O2.ClH/c1-2-3-8-4-6-9-7-5-8;2-1-3;/h2-7H2,1H3;1-3H;1H. The minimum atomic E-state index is -0.750. The van der Waals surface area contributed by atoms with Gasteiger partial charge in [0.25, 0.3) is 0 Å². The van der Waals surface area contributed by atoms with Crippen LogP contribution in [0.25, 0.3) is 0 Å². The zero-order valence-corrected chi connectivity index (χ0v) is 8.92. The highest BCUT2D eigenvalue weighted by atomic mass is 35.5. The van der Waals surface area contributed by atoms with Crippen molar-refractivity contribution in [3.8, 4) is 0 Å². The van der Waals surface area contributed by atoms with Crippen molar-refractivity contribution < 1.29 is 14.8 Å². The average Bonchev–Trinajstić information content (AvgIpc) is 2.08. The van der Waals surface area contributed by atoms with Crippen LogP contribution in [-0.2, 0) is 4.74 Å². The zero-order valence-electron chi connectivity index (χ0n) is 8.11. The van der Waals surface area contributed by atoms with Crippen LogP contribution in [0.1, 0.15) is 13.3 Å². The molecule has 13 heavy (non-hydrogen) atoms. The Hall–Kier alpha value is 0.195. The maximum absolute atomic E-state index is 7.12. The van der Waals surface area contributed by atoms with Crippen LogP contribution in [0.2, 0.25) is 0 Å². The quantitative estimate of drug-likeness (QED) is 0.598. The predicted octanol–water partition coefficient (Wildman–Crippen LogP) is -0.612. The van der Waals surface area contributed by atoms with Gasteiger partial charge in [-0.05, 0) is 13.0 Å². The van der Waals surface area contributed by atoms with Gasteiger partial charge in [-0.3, -0.25) is 4.90 Å². The summed E-state index contributed by atoms with van der Waals surface area (Å²) in [4.78, 5) is 2.45. The number of morpholine rings is 1. The molecular formula is C7H19BClNO3. The number of nitrogens with zero attached hydrogens (tertiary/aromatic N) is 1. The van der Waals surface area contributed by atoms with Crippen LogP contribution in [0.5, 0.6) is 0 Å². The topological polar surface area (TPSA) is 52.9 Å². The van der Waals surface area contributed by atoms with Crippen molar-refractivity contribution in [1.29, 1.82) is 0 Å². The molecule has 0 amide bonds. The summed E-state index contributed by atoms with van der Waals surface area (Å²) in [5, 5.41) is 14.2. The van der Waals surface area contributed by atoms with Gasteiger partial charge in [0.2, 0.25) is 0 Å². The lowest BCUT2D eigenvalue weighted by Gasteiger charge is -2.25. The van der Waals surface area contributed by atoms with Crippen LogP contribution >= 0.6 is 12.4 Å². The molecule has 0 unspecified atom stereocenters. The van der Waals surface area contributed by atoms with Gasteiger partial charge >= 0.3 is 7.69 Å². The highest BCUT2D eigenvalue weighted by molar-refractivity contribution is 6.13. The minimum Gasteiger partial charge on any atom is -0.430 e. The maximum atomic E-state index is 7.12. The molecule has 80 valence electrons. The molecule has 1 aliphatic heterocycles. The summed E-state index contributed by atoms with van der Waals surface area (Å²) in [7, 11) is -0.750. The summed E-state index contributed by atoms with van der Waals surface area (Å²) in [6.45, 7) is 7.58. The van der Waals surface area contributed by atoms with Gasteiger partial charge in [0, 0.05) is 13.1 Å². The Labute approximate surface area is 86.6 Å². The van der Waals surface area contributed by atoms with Crippen LogP contribution < -0.4 is 0 Å². The van der Waals surface area contributed by atoms with Gasteiger partial charge in [-0.15, -0.1) is 12.4 Å². The number of ether oxygens (including phenoxy) is 1. The van der Waals surface area contributed by atoms with E-state index >= 15 is 0 Å². The fourth-order valence-corrected chi connectivity index (χ4v) is 1.14. The van der Waals surface area contributed by atoms with E-state index in [9.17, 15) is 0 Å². The molecule has 0 spiro atoms. The van der Waals surface area contributed by atoms with Crippen molar-refractivity contribution in [3.63, 3.8) is 0 Å². The molecule has 0 aromatic rings. The van der Waals surface area contributed by atoms with E-state index in [0.717, 1.165) is 26.3 Å². The predicted molar refractivity (Wildman–Crippen MR) is 56.4 cm³/mol. The molecule has 2 N–H and O–H groups in total. The molecule has 0 aromatic heterocycles. The second-order valence-electron chi connectivity index (χ2n) is 2.60. The first-order valence-corrected chi connectivity index (χ1v) is 4.37. The van der Waals surface area contributed by atoms with E-state index in [1.54, 1.807) is 0 Å². The largest absolute Gasteiger partial charge is 0.432 e. The third-order valence-corrected chi connectivity index (χ3v) is 1.64. The van der Waals surface area contributed by atoms with Crippen LogP contribution in [-0.4, -0.2) is 55.5 Å². The first kappa shape index (κ1) is 15.7. The lowest BCUT2D eigenvalue weighted by molar-refractivity contribution is 0.0380. The van der Waals surface area contributed by atoms with E-state index in [2.05, 4.69) is 11.8 Å². The third-order valence-electron chi connectivity index (χ3n) is 1.64. The monoisotopic (exact) mass is 211 g/mol. The molecule has 4 nitrogen and oxygen atoms in total. The summed E-state index contributed by atoms with van der Waals surface area (Å²) in [6, 6.07) is 0. The number of hydrogen-bond acceptors (Lipinski definition) is 4. The van der Waals surface area contributed by atoms with E-state index in [0.29, 0.717) is 0 Å². The van der Waals surface area contributed by atoms with Crippen molar-refractivity contribution in [2.75, 3.05) is 32.8 Å². The second-order valence-corrected chi connectivity index (χ2v) is 2.60. The molecule has 1 aliphatic rings. The van der Waals surface area contributed by atoms with Crippen LogP contribution in [0.3, 0.4) is 0 Å². The fourth-order valence-electron chi connectivity index (χ4n) is 1.14. The Morgan fingerprint density at radius 2 is 1.77 bits per heavy atom. The van der Waals surface area contributed by atoms with Crippen LogP contribution in [0.4, 0.5) is 0 Å². The first-order chi connectivity index (χ1) is 5.85. The second kappa shape index (κ2) is 12.2. The number of hydrogen-bond donors (Lipinski definition) is 2. The van der Waals surface area contributed by atoms with Crippen molar-refractivity contribution in [1.82, 2.24) is 4.90 Å². The zero-order chi connectivity index (χ0) is 9.23. The van der Waals surface area contributed by atoms with Crippen molar-refractivity contribution in [3.05, 3.63) is 0 Å². The number of halogens is 1. The minimum absolute atomic E-state index is 0. The summed E-state index contributed by atoms with van der Waals surface area (Å²) in [5.41, 5.74) is 0. The normalized spacial score (nSPS) is 16.5. The summed E-state index contributed by atoms with van der Waals surface area (Å²) < 4.78 is 5.20. The average molecular weight is 211 g/mol. The van der Waals surface area contributed by atoms with Crippen molar-refractivity contribution in [2.45, 2.75) is 13.3 Å². The molecule has 0 bridgehead atoms. The summed E-state index contributed by atoms with van der Waals surface area (Å²) in [6.07, 6.45) is 1.26. The molecule has 1 heterocycles. The Morgan fingerprint density at radius 1 is 1.31 bits per heavy atom. The van der Waals surface area contributed by atoms with E-state index < -0.39 is 7.69 Å². The maximum Gasteiger partial charge on any atom is 0.432 e. The lowest BCUT2D eigenvalue weighted by atomic mass is 10.4. The van der Waals surface area contributed by atoms with E-state index in [-0.39, 0.29) is 12.4 Å². The number of rotatable bonds is 2.